The van der Waals surface area contributed by atoms with Crippen molar-refractivity contribution in [2.45, 2.75) is 32.7 Å². The highest BCUT2D eigenvalue weighted by Gasteiger charge is 2.30. The van der Waals surface area contributed by atoms with Gasteiger partial charge in [-0.25, -0.2) is 0 Å². The van der Waals surface area contributed by atoms with Crippen LogP contribution in [0.15, 0.2) is 72.8 Å². The molecule has 1 fully saturated rings. The first-order chi connectivity index (χ1) is 22.4. The van der Waals surface area contributed by atoms with E-state index in [0.29, 0.717) is 55.0 Å². The fraction of sp³-hybridized carbons (Fsp3) is 0.278. The lowest BCUT2D eigenvalue weighted by atomic mass is 9.96. The number of nitrogens with zero attached hydrogens (tertiary/aromatic N) is 2. The molecule has 46 heavy (non-hydrogen) atoms. The first-order valence-corrected chi connectivity index (χ1v) is 15.4. The summed E-state index contributed by atoms with van der Waals surface area (Å²) in [5.74, 6) is 1.48. The van der Waals surface area contributed by atoms with Crippen LogP contribution >= 0.6 is 11.6 Å². The molecule has 1 unspecified atom stereocenters. The van der Waals surface area contributed by atoms with E-state index in [1.165, 1.54) is 0 Å². The van der Waals surface area contributed by atoms with Gasteiger partial charge in [-0.05, 0) is 65.1 Å². The van der Waals surface area contributed by atoms with Gasteiger partial charge in [0, 0.05) is 24.7 Å². The highest BCUT2D eigenvalue weighted by Crippen LogP contribution is 2.38. The molecule has 0 amide bonds. The molecule has 4 aromatic rings. The number of ether oxygens (including phenoxy) is 5. The summed E-state index contributed by atoms with van der Waals surface area (Å²) in [5, 5.41) is 19.5. The normalized spacial score (nSPS) is 16.0. The molecular weight excluding hydrogens is 608 g/mol. The van der Waals surface area contributed by atoms with E-state index >= 15 is 0 Å². The molecule has 0 radical (unpaired) electrons. The average Bonchev–Trinajstić information content (AvgIpc) is 3.08. The van der Waals surface area contributed by atoms with Gasteiger partial charge in [0.2, 0.25) is 0 Å². The molecular formula is C36H33ClN2O7. The van der Waals surface area contributed by atoms with Crippen molar-refractivity contribution in [3.63, 3.8) is 0 Å². The number of rotatable bonds is 10. The van der Waals surface area contributed by atoms with Crippen LogP contribution in [0.2, 0.25) is 5.02 Å². The van der Waals surface area contributed by atoms with Crippen molar-refractivity contribution < 1.29 is 33.6 Å². The molecule has 0 saturated carbocycles. The lowest BCUT2D eigenvalue weighted by Gasteiger charge is -2.33. The van der Waals surface area contributed by atoms with E-state index in [0.717, 1.165) is 44.9 Å². The minimum atomic E-state index is -0.949. The molecule has 4 aromatic carbocycles. The predicted octanol–water partition coefficient (Wildman–Crippen LogP) is 6.40. The largest absolute Gasteiger partial charge is 0.488 e. The molecule has 1 saturated heterocycles. The van der Waals surface area contributed by atoms with Gasteiger partial charge in [-0.3, -0.25) is 9.69 Å². The minimum Gasteiger partial charge on any atom is -0.488 e. The molecule has 0 aromatic heterocycles. The molecule has 0 aliphatic carbocycles. The van der Waals surface area contributed by atoms with Crippen LogP contribution in [-0.2, 0) is 29.3 Å². The quantitative estimate of drug-likeness (QED) is 0.210. The number of morpholine rings is 1. The van der Waals surface area contributed by atoms with Gasteiger partial charge in [-0.2, -0.15) is 5.26 Å². The van der Waals surface area contributed by atoms with Crippen LogP contribution < -0.4 is 18.9 Å². The van der Waals surface area contributed by atoms with Gasteiger partial charge < -0.3 is 28.8 Å². The lowest BCUT2D eigenvalue weighted by Crippen LogP contribution is -2.49. The summed E-state index contributed by atoms with van der Waals surface area (Å²) in [6.07, 6.45) is 0. The predicted molar refractivity (Wildman–Crippen MR) is 172 cm³/mol. The highest BCUT2D eigenvalue weighted by molar-refractivity contribution is 6.32. The Hall–Kier alpha value is -4.75. The van der Waals surface area contributed by atoms with Gasteiger partial charge in [0.1, 0.15) is 44.0 Å². The number of hydrogen-bond acceptors (Lipinski definition) is 8. The third-order valence-electron chi connectivity index (χ3n) is 8.15. The second-order valence-corrected chi connectivity index (χ2v) is 11.5. The van der Waals surface area contributed by atoms with E-state index < -0.39 is 12.0 Å². The maximum Gasteiger partial charge on any atom is 0.323 e. The third kappa shape index (κ3) is 7.05. The fourth-order valence-electron chi connectivity index (χ4n) is 5.63. The summed E-state index contributed by atoms with van der Waals surface area (Å²) < 4.78 is 29.5. The number of aliphatic carboxylic acids is 1. The van der Waals surface area contributed by atoms with E-state index in [9.17, 15) is 15.2 Å². The van der Waals surface area contributed by atoms with Crippen LogP contribution in [0.4, 0.5) is 0 Å². The van der Waals surface area contributed by atoms with E-state index in [4.69, 9.17) is 35.3 Å². The Kier molecular flexibility index (Phi) is 9.60. The van der Waals surface area contributed by atoms with Crippen molar-refractivity contribution in [1.29, 1.82) is 5.26 Å². The highest BCUT2D eigenvalue weighted by atomic mass is 35.5. The van der Waals surface area contributed by atoms with E-state index in [1.807, 2.05) is 41.3 Å². The maximum absolute atomic E-state index is 11.9. The van der Waals surface area contributed by atoms with Crippen molar-refractivity contribution in [1.82, 2.24) is 4.90 Å². The zero-order valence-electron chi connectivity index (χ0n) is 25.3. The monoisotopic (exact) mass is 640 g/mol. The molecule has 0 bridgehead atoms. The number of fused-ring (bicyclic) bond motifs is 1. The number of carboxylic acid groups (broad SMARTS) is 1. The van der Waals surface area contributed by atoms with Gasteiger partial charge in [-0.1, -0.05) is 48.0 Å². The number of carboxylic acids is 1. The van der Waals surface area contributed by atoms with Crippen LogP contribution in [0.1, 0.15) is 27.8 Å². The van der Waals surface area contributed by atoms with Crippen LogP contribution in [0, 0.1) is 18.3 Å². The SMILES string of the molecule is Cc1c(COc2cc(OCc3cccc(C#N)c3)c(CN3CCOCC3C(=O)O)cc2Cl)cccc1-c1ccc2c(c1)OCCO2. The summed E-state index contributed by atoms with van der Waals surface area (Å²) in [6, 6.07) is 24.1. The zero-order valence-corrected chi connectivity index (χ0v) is 26.1. The summed E-state index contributed by atoms with van der Waals surface area (Å²) in [6.45, 7) is 4.86. The Morgan fingerprint density at radius 2 is 1.76 bits per heavy atom. The second-order valence-electron chi connectivity index (χ2n) is 11.1. The summed E-state index contributed by atoms with van der Waals surface area (Å²) in [5.41, 5.74) is 6.20. The standard InChI is InChI=1S/C36H33ClN2O7/c1-23-27(6-3-7-29(23)26-8-9-32-35(16-26)44-13-12-43-32)21-46-34-17-33(45-20-25-5-2-4-24(14-25)18-38)28(15-30(34)37)19-39-10-11-42-22-31(39)36(40)41/h2-9,14-17,31H,10-13,19-22H2,1H3,(H,40,41). The molecule has 236 valence electrons. The Labute approximate surface area is 272 Å². The van der Waals surface area contributed by atoms with Crippen molar-refractivity contribution in [3.05, 3.63) is 106 Å². The van der Waals surface area contributed by atoms with Crippen LogP contribution in [0.3, 0.4) is 0 Å². The molecule has 2 aliphatic heterocycles. The first-order valence-electron chi connectivity index (χ1n) is 15.0. The van der Waals surface area contributed by atoms with Gasteiger partial charge >= 0.3 is 5.97 Å². The molecule has 6 rings (SSSR count). The van der Waals surface area contributed by atoms with Gasteiger partial charge in [0.05, 0.1) is 29.9 Å². The van der Waals surface area contributed by atoms with E-state index in [-0.39, 0.29) is 19.8 Å². The minimum absolute atomic E-state index is 0.103. The maximum atomic E-state index is 11.9. The summed E-state index contributed by atoms with van der Waals surface area (Å²) in [7, 11) is 0. The molecule has 1 N–H and O–H groups in total. The second kappa shape index (κ2) is 14.1. The molecule has 0 spiro atoms. The van der Waals surface area contributed by atoms with Crippen molar-refractivity contribution in [2.24, 2.45) is 0 Å². The summed E-state index contributed by atoms with van der Waals surface area (Å²) in [4.78, 5) is 13.8. The Morgan fingerprint density at radius 3 is 2.59 bits per heavy atom. The van der Waals surface area contributed by atoms with Crippen molar-refractivity contribution in [3.8, 4) is 40.2 Å². The van der Waals surface area contributed by atoms with E-state index in [2.05, 4.69) is 19.1 Å². The number of halogens is 1. The Morgan fingerprint density at radius 1 is 0.957 bits per heavy atom. The molecule has 9 nitrogen and oxygen atoms in total. The topological polar surface area (TPSA) is 110 Å². The van der Waals surface area contributed by atoms with Crippen molar-refractivity contribution in [2.75, 3.05) is 33.0 Å². The number of carbonyl (C=O) groups is 1. The van der Waals surface area contributed by atoms with Crippen LogP contribution in [0.25, 0.3) is 11.1 Å². The molecule has 10 heteroatoms. The Balaban J connectivity index is 1.25. The average molecular weight is 641 g/mol. The smallest absolute Gasteiger partial charge is 0.323 e. The Bertz CT molecular complexity index is 1790. The van der Waals surface area contributed by atoms with Crippen LogP contribution in [0.5, 0.6) is 23.0 Å². The number of nitriles is 1. The summed E-state index contributed by atoms with van der Waals surface area (Å²) >= 11 is 6.77. The lowest BCUT2D eigenvalue weighted by molar-refractivity contribution is -0.150. The van der Waals surface area contributed by atoms with Gasteiger partial charge in [0.25, 0.3) is 0 Å². The van der Waals surface area contributed by atoms with Gasteiger partial charge in [0.15, 0.2) is 11.5 Å². The third-order valence-corrected chi connectivity index (χ3v) is 8.44. The number of benzene rings is 4. The first kappa shape index (κ1) is 31.2. The molecule has 2 aliphatic rings. The molecule has 1 atom stereocenters. The van der Waals surface area contributed by atoms with Gasteiger partial charge in [-0.15, -0.1) is 0 Å². The zero-order chi connectivity index (χ0) is 32.0. The molecule has 2 heterocycles. The fourth-order valence-corrected chi connectivity index (χ4v) is 5.87. The number of hydrogen-bond donors (Lipinski definition) is 1. The van der Waals surface area contributed by atoms with E-state index in [1.54, 1.807) is 30.3 Å². The van der Waals surface area contributed by atoms with Crippen LogP contribution in [-0.4, -0.2) is 55.0 Å². The van der Waals surface area contributed by atoms with Crippen molar-refractivity contribution >= 4 is 17.6 Å².